The first kappa shape index (κ1) is 17.8. The van der Waals surface area contributed by atoms with Crippen molar-refractivity contribution < 1.29 is 9.18 Å². The van der Waals surface area contributed by atoms with Crippen molar-refractivity contribution in [1.82, 2.24) is 20.1 Å². The quantitative estimate of drug-likeness (QED) is 0.742. The fourth-order valence-corrected chi connectivity index (χ4v) is 2.92. The van der Waals surface area contributed by atoms with Crippen molar-refractivity contribution in [1.29, 1.82) is 0 Å². The molecule has 0 spiro atoms. The molecule has 5 nitrogen and oxygen atoms in total. The van der Waals surface area contributed by atoms with E-state index in [-0.39, 0.29) is 18.1 Å². The Morgan fingerprint density at radius 2 is 1.92 bits per heavy atom. The number of nitrogens with one attached hydrogen (secondary N) is 1. The van der Waals surface area contributed by atoms with Gasteiger partial charge in [-0.15, -0.1) is 0 Å². The topological polar surface area (TPSA) is 59.8 Å². The van der Waals surface area contributed by atoms with E-state index in [1.54, 1.807) is 18.3 Å². The molecule has 3 aromatic rings. The molecule has 0 aliphatic carbocycles. The van der Waals surface area contributed by atoms with E-state index in [4.69, 9.17) is 0 Å². The second-order valence-electron chi connectivity index (χ2n) is 6.15. The molecule has 0 aliphatic rings. The monoisotopic (exact) mass is 352 g/mol. The molecule has 0 aliphatic heterocycles. The van der Waals surface area contributed by atoms with Crippen LogP contribution in [0.25, 0.3) is 5.82 Å². The smallest absolute Gasteiger partial charge is 0.224 e. The summed E-state index contributed by atoms with van der Waals surface area (Å²) in [6.07, 6.45) is 2.67. The average molecular weight is 352 g/mol. The highest BCUT2D eigenvalue weighted by Crippen LogP contribution is 2.16. The van der Waals surface area contributed by atoms with Gasteiger partial charge in [0.25, 0.3) is 0 Å². The number of halogens is 1. The number of pyridine rings is 1. The predicted octanol–water partition coefficient (Wildman–Crippen LogP) is 2.92. The van der Waals surface area contributed by atoms with E-state index in [2.05, 4.69) is 15.4 Å². The molecule has 6 heteroatoms. The van der Waals surface area contributed by atoms with Gasteiger partial charge in [-0.2, -0.15) is 5.10 Å². The third-order valence-electron chi connectivity index (χ3n) is 4.28. The van der Waals surface area contributed by atoms with Gasteiger partial charge in [0.1, 0.15) is 5.82 Å². The summed E-state index contributed by atoms with van der Waals surface area (Å²) in [5.41, 5.74) is 3.85. The maximum atomic E-state index is 12.9. The predicted molar refractivity (Wildman–Crippen MR) is 97.7 cm³/mol. The van der Waals surface area contributed by atoms with Crippen LogP contribution in [0.4, 0.5) is 4.39 Å². The SMILES string of the molecule is Cc1nn(-c2ccccn2)c(C)c1CCNC(=O)Cc1ccc(F)cc1. The van der Waals surface area contributed by atoms with Crippen molar-refractivity contribution >= 4 is 5.91 Å². The van der Waals surface area contributed by atoms with Crippen LogP contribution < -0.4 is 5.32 Å². The van der Waals surface area contributed by atoms with Crippen LogP contribution in [-0.4, -0.2) is 27.2 Å². The molecule has 2 aromatic heterocycles. The molecule has 0 atom stereocenters. The van der Waals surface area contributed by atoms with Crippen molar-refractivity contribution in [3.63, 3.8) is 0 Å². The highest BCUT2D eigenvalue weighted by Gasteiger charge is 2.13. The Hall–Kier alpha value is -3.02. The van der Waals surface area contributed by atoms with Crippen LogP contribution in [0.5, 0.6) is 0 Å². The lowest BCUT2D eigenvalue weighted by atomic mass is 10.1. The van der Waals surface area contributed by atoms with E-state index >= 15 is 0 Å². The van der Waals surface area contributed by atoms with Crippen molar-refractivity contribution in [3.05, 3.63) is 77.0 Å². The molecule has 3 rings (SSSR count). The molecule has 2 heterocycles. The Bertz CT molecular complexity index is 888. The molecule has 134 valence electrons. The number of hydrogen-bond acceptors (Lipinski definition) is 3. The van der Waals surface area contributed by atoms with Gasteiger partial charge in [0.05, 0.1) is 12.1 Å². The molecule has 0 saturated heterocycles. The van der Waals surface area contributed by atoms with Gasteiger partial charge in [-0.05, 0) is 55.7 Å². The van der Waals surface area contributed by atoms with Crippen LogP contribution in [0.15, 0.2) is 48.7 Å². The minimum Gasteiger partial charge on any atom is -0.355 e. The summed E-state index contributed by atoms with van der Waals surface area (Å²) in [4.78, 5) is 16.4. The Morgan fingerprint density at radius 3 is 2.62 bits per heavy atom. The minimum absolute atomic E-state index is 0.0796. The Kier molecular flexibility index (Phi) is 5.41. The zero-order valence-electron chi connectivity index (χ0n) is 14.9. The van der Waals surface area contributed by atoms with Crippen LogP contribution >= 0.6 is 0 Å². The summed E-state index contributed by atoms with van der Waals surface area (Å²) in [5.74, 6) is 0.397. The molecule has 0 unspecified atom stereocenters. The molecule has 0 bridgehead atoms. The molecule has 26 heavy (non-hydrogen) atoms. The van der Waals surface area contributed by atoms with E-state index in [9.17, 15) is 9.18 Å². The number of aryl methyl sites for hydroxylation is 1. The van der Waals surface area contributed by atoms with Gasteiger partial charge in [-0.1, -0.05) is 18.2 Å². The summed E-state index contributed by atoms with van der Waals surface area (Å²) in [5, 5.41) is 7.47. The van der Waals surface area contributed by atoms with Gasteiger partial charge in [0.15, 0.2) is 5.82 Å². The van der Waals surface area contributed by atoms with E-state index < -0.39 is 0 Å². The number of benzene rings is 1. The lowest BCUT2D eigenvalue weighted by Gasteiger charge is -2.07. The zero-order chi connectivity index (χ0) is 18.5. The van der Waals surface area contributed by atoms with Crippen LogP contribution in [0.1, 0.15) is 22.5 Å². The lowest BCUT2D eigenvalue weighted by molar-refractivity contribution is -0.120. The number of hydrogen-bond donors (Lipinski definition) is 1. The van der Waals surface area contributed by atoms with Crippen molar-refractivity contribution in [2.24, 2.45) is 0 Å². The van der Waals surface area contributed by atoms with E-state index in [0.29, 0.717) is 13.0 Å². The molecule has 1 N–H and O–H groups in total. The molecule has 0 fully saturated rings. The van der Waals surface area contributed by atoms with Gasteiger partial charge in [-0.25, -0.2) is 14.1 Å². The van der Waals surface area contributed by atoms with Crippen LogP contribution in [-0.2, 0) is 17.6 Å². The first-order chi connectivity index (χ1) is 12.5. The molecule has 1 amide bonds. The highest BCUT2D eigenvalue weighted by molar-refractivity contribution is 5.78. The third kappa shape index (κ3) is 4.14. The zero-order valence-corrected chi connectivity index (χ0v) is 14.9. The summed E-state index contributed by atoms with van der Waals surface area (Å²) < 4.78 is 14.7. The molecule has 0 saturated carbocycles. The maximum Gasteiger partial charge on any atom is 0.224 e. The molecular formula is C20H21FN4O. The fourth-order valence-electron chi connectivity index (χ4n) is 2.92. The molecule has 0 radical (unpaired) electrons. The van der Waals surface area contributed by atoms with Gasteiger partial charge < -0.3 is 5.32 Å². The standard InChI is InChI=1S/C20H21FN4O/c1-14-18(15(2)25(24-14)19-5-3-4-11-22-19)10-12-23-20(26)13-16-6-8-17(21)9-7-16/h3-9,11H,10,12-13H2,1-2H3,(H,23,26). The Morgan fingerprint density at radius 1 is 1.15 bits per heavy atom. The van der Waals surface area contributed by atoms with E-state index in [1.807, 2.05) is 36.7 Å². The van der Waals surface area contributed by atoms with Crippen LogP contribution in [0.2, 0.25) is 0 Å². The lowest BCUT2D eigenvalue weighted by Crippen LogP contribution is -2.27. The number of amides is 1. The van der Waals surface area contributed by atoms with Crippen LogP contribution in [0.3, 0.4) is 0 Å². The summed E-state index contributed by atoms with van der Waals surface area (Å²) in [6.45, 7) is 4.49. The Balaban J connectivity index is 1.59. The number of carbonyl (C=O) groups excluding carboxylic acids is 1. The Labute approximate surface area is 151 Å². The summed E-state index contributed by atoms with van der Waals surface area (Å²) in [6, 6.07) is 11.7. The second kappa shape index (κ2) is 7.91. The average Bonchev–Trinajstić information content (AvgIpc) is 2.92. The van der Waals surface area contributed by atoms with Crippen molar-refractivity contribution in [2.75, 3.05) is 6.54 Å². The minimum atomic E-state index is -0.301. The van der Waals surface area contributed by atoms with E-state index in [1.165, 1.54) is 12.1 Å². The highest BCUT2D eigenvalue weighted by atomic mass is 19.1. The normalized spacial score (nSPS) is 10.7. The number of carbonyl (C=O) groups is 1. The summed E-state index contributed by atoms with van der Waals surface area (Å²) in [7, 11) is 0. The molecular weight excluding hydrogens is 331 g/mol. The summed E-state index contributed by atoms with van der Waals surface area (Å²) >= 11 is 0. The van der Waals surface area contributed by atoms with Gasteiger partial charge >= 0.3 is 0 Å². The van der Waals surface area contributed by atoms with Crippen LogP contribution in [0, 0.1) is 19.7 Å². The maximum absolute atomic E-state index is 12.9. The fraction of sp³-hybridized carbons (Fsp3) is 0.250. The van der Waals surface area contributed by atoms with Gasteiger partial charge in [0.2, 0.25) is 5.91 Å². The second-order valence-corrected chi connectivity index (χ2v) is 6.15. The number of nitrogens with zero attached hydrogens (tertiary/aromatic N) is 3. The first-order valence-corrected chi connectivity index (χ1v) is 8.52. The number of aromatic nitrogens is 3. The van der Waals surface area contributed by atoms with Gasteiger partial charge in [-0.3, -0.25) is 4.79 Å². The van der Waals surface area contributed by atoms with Gasteiger partial charge in [0, 0.05) is 18.4 Å². The first-order valence-electron chi connectivity index (χ1n) is 8.52. The molecule has 1 aromatic carbocycles. The van der Waals surface area contributed by atoms with E-state index in [0.717, 1.165) is 28.3 Å². The number of rotatable bonds is 6. The van der Waals surface area contributed by atoms with Crippen molar-refractivity contribution in [2.45, 2.75) is 26.7 Å². The third-order valence-corrected chi connectivity index (χ3v) is 4.28. The van der Waals surface area contributed by atoms with Crippen molar-refractivity contribution in [3.8, 4) is 5.82 Å². The largest absolute Gasteiger partial charge is 0.355 e.